The Kier molecular flexibility index (Phi) is 5.21. The smallest absolute Gasteiger partial charge is 0.232 e. The van der Waals surface area contributed by atoms with Crippen molar-refractivity contribution in [1.29, 1.82) is 0 Å². The number of ether oxygens (including phenoxy) is 2. The highest BCUT2D eigenvalue weighted by Crippen LogP contribution is 2.33. The molecule has 0 amide bonds. The summed E-state index contributed by atoms with van der Waals surface area (Å²) >= 11 is 0. The molecule has 0 unspecified atom stereocenters. The average Bonchev–Trinajstić information content (AvgIpc) is 2.68. The van der Waals surface area contributed by atoms with Crippen molar-refractivity contribution in [3.8, 4) is 11.5 Å². The number of nitrogens with one attached hydrogen (secondary N) is 1. The summed E-state index contributed by atoms with van der Waals surface area (Å²) in [5, 5.41) is 3.18. The molecule has 27 heavy (non-hydrogen) atoms. The number of hydrogen-bond acceptors (Lipinski definition) is 9. The predicted molar refractivity (Wildman–Crippen MR) is 102 cm³/mol. The molecular formula is C18H25N7O2. The van der Waals surface area contributed by atoms with E-state index in [0.29, 0.717) is 37.3 Å². The first-order chi connectivity index (χ1) is 13.2. The Morgan fingerprint density at radius 1 is 1.00 bits per heavy atom. The van der Waals surface area contributed by atoms with E-state index in [9.17, 15) is 0 Å². The number of nitrogens with two attached hydrogens (primary N) is 1. The summed E-state index contributed by atoms with van der Waals surface area (Å²) in [5.74, 6) is 2.78. The molecular weight excluding hydrogens is 346 g/mol. The third kappa shape index (κ3) is 4.37. The van der Waals surface area contributed by atoms with Crippen LogP contribution in [-0.2, 0) is 6.54 Å². The van der Waals surface area contributed by atoms with Gasteiger partial charge >= 0.3 is 0 Å². The maximum absolute atomic E-state index is 5.90. The van der Waals surface area contributed by atoms with Gasteiger partial charge in [-0.15, -0.1) is 0 Å². The van der Waals surface area contributed by atoms with E-state index in [-0.39, 0.29) is 5.95 Å². The summed E-state index contributed by atoms with van der Waals surface area (Å²) in [6.07, 6.45) is 0. The van der Waals surface area contributed by atoms with Crippen LogP contribution in [0.5, 0.6) is 11.5 Å². The molecule has 4 rings (SSSR count). The van der Waals surface area contributed by atoms with Gasteiger partial charge in [0.15, 0.2) is 11.5 Å². The zero-order valence-corrected chi connectivity index (χ0v) is 15.5. The minimum absolute atomic E-state index is 0.215. The summed E-state index contributed by atoms with van der Waals surface area (Å²) in [6.45, 7) is 9.21. The Morgan fingerprint density at radius 2 is 1.74 bits per heavy atom. The number of aromatic nitrogens is 3. The van der Waals surface area contributed by atoms with Crippen LogP contribution in [0.25, 0.3) is 0 Å². The first kappa shape index (κ1) is 17.7. The van der Waals surface area contributed by atoms with Gasteiger partial charge < -0.3 is 25.4 Å². The van der Waals surface area contributed by atoms with E-state index in [1.807, 2.05) is 18.2 Å². The maximum atomic E-state index is 5.90. The van der Waals surface area contributed by atoms with Crippen LogP contribution in [0.1, 0.15) is 12.7 Å². The van der Waals surface area contributed by atoms with Gasteiger partial charge in [0.25, 0.3) is 0 Å². The molecule has 0 bridgehead atoms. The molecule has 144 valence electrons. The number of nitrogens with zero attached hydrogens (tertiary/aromatic N) is 5. The van der Waals surface area contributed by atoms with E-state index in [2.05, 4.69) is 37.0 Å². The molecule has 0 spiro atoms. The second-order valence-corrected chi connectivity index (χ2v) is 6.63. The van der Waals surface area contributed by atoms with Crippen LogP contribution in [0, 0.1) is 0 Å². The minimum atomic E-state index is 0.215. The fourth-order valence-corrected chi connectivity index (χ4v) is 3.28. The van der Waals surface area contributed by atoms with Crippen molar-refractivity contribution in [2.45, 2.75) is 13.5 Å². The van der Waals surface area contributed by atoms with Gasteiger partial charge in [-0.3, -0.25) is 4.90 Å². The summed E-state index contributed by atoms with van der Waals surface area (Å²) < 4.78 is 11.2. The van der Waals surface area contributed by atoms with Crippen molar-refractivity contribution in [3.05, 3.63) is 24.0 Å². The molecule has 0 saturated carbocycles. The summed E-state index contributed by atoms with van der Waals surface area (Å²) in [5.41, 5.74) is 6.71. The van der Waals surface area contributed by atoms with Crippen LogP contribution < -0.4 is 20.5 Å². The van der Waals surface area contributed by atoms with Crippen LogP contribution in [0.3, 0.4) is 0 Å². The lowest BCUT2D eigenvalue weighted by Crippen LogP contribution is -2.45. The molecule has 3 heterocycles. The molecule has 2 aromatic rings. The topological polar surface area (TPSA) is 102 Å². The summed E-state index contributed by atoms with van der Waals surface area (Å²) in [6, 6.07) is 5.64. The van der Waals surface area contributed by atoms with E-state index in [1.165, 1.54) is 0 Å². The van der Waals surface area contributed by atoms with Gasteiger partial charge in [-0.1, -0.05) is 6.92 Å². The molecule has 1 saturated heterocycles. The average molecular weight is 371 g/mol. The van der Waals surface area contributed by atoms with Crippen molar-refractivity contribution in [2.75, 3.05) is 57.0 Å². The molecule has 2 aliphatic rings. The van der Waals surface area contributed by atoms with Crippen LogP contribution in [-0.4, -0.2) is 70.7 Å². The van der Waals surface area contributed by atoms with Crippen molar-refractivity contribution >= 4 is 17.6 Å². The number of benzene rings is 1. The third-order valence-electron chi connectivity index (χ3n) is 4.77. The predicted octanol–water partition coefficient (Wildman–Crippen LogP) is 1.11. The van der Waals surface area contributed by atoms with Gasteiger partial charge in [0, 0.05) is 37.9 Å². The van der Waals surface area contributed by atoms with Crippen LogP contribution in [0.4, 0.5) is 17.6 Å². The van der Waals surface area contributed by atoms with Crippen LogP contribution in [0.2, 0.25) is 0 Å². The van der Waals surface area contributed by atoms with Crippen molar-refractivity contribution < 1.29 is 9.47 Å². The van der Waals surface area contributed by atoms with Gasteiger partial charge in [0.2, 0.25) is 11.9 Å². The van der Waals surface area contributed by atoms with E-state index < -0.39 is 0 Å². The number of hydrogen-bond donors (Lipinski definition) is 2. The molecule has 1 aromatic carbocycles. The molecule has 0 aliphatic carbocycles. The normalized spacial score (nSPS) is 17.7. The standard InChI is InChI=1S/C18H25N7O2/c1-2-24-5-7-25(8-6-24)12-16-21-17(19)23-18(22-16)20-13-3-4-14-15(11-13)27-10-9-26-14/h3-4,11H,2,5-10,12H2,1H3,(H3,19,20,21,22,23). The Labute approximate surface area is 158 Å². The number of piperazine rings is 1. The Balaban J connectivity index is 1.44. The molecule has 1 aromatic heterocycles. The Hall–Kier alpha value is -2.65. The zero-order chi connectivity index (χ0) is 18.6. The minimum Gasteiger partial charge on any atom is -0.486 e. The first-order valence-electron chi connectivity index (χ1n) is 9.31. The largest absolute Gasteiger partial charge is 0.486 e. The highest BCUT2D eigenvalue weighted by atomic mass is 16.6. The lowest BCUT2D eigenvalue weighted by molar-refractivity contribution is 0.129. The summed E-state index contributed by atoms with van der Waals surface area (Å²) in [7, 11) is 0. The highest BCUT2D eigenvalue weighted by Gasteiger charge is 2.18. The fourth-order valence-electron chi connectivity index (χ4n) is 3.28. The van der Waals surface area contributed by atoms with Crippen molar-refractivity contribution in [1.82, 2.24) is 24.8 Å². The second-order valence-electron chi connectivity index (χ2n) is 6.63. The number of fused-ring (bicyclic) bond motifs is 1. The lowest BCUT2D eigenvalue weighted by Gasteiger charge is -2.33. The summed E-state index contributed by atoms with van der Waals surface area (Å²) in [4.78, 5) is 17.8. The Morgan fingerprint density at radius 3 is 2.52 bits per heavy atom. The maximum Gasteiger partial charge on any atom is 0.232 e. The molecule has 0 atom stereocenters. The Bertz CT molecular complexity index is 793. The van der Waals surface area contributed by atoms with Crippen molar-refractivity contribution in [3.63, 3.8) is 0 Å². The van der Waals surface area contributed by atoms with Gasteiger partial charge in [0.05, 0.1) is 6.54 Å². The van der Waals surface area contributed by atoms with Crippen LogP contribution in [0.15, 0.2) is 18.2 Å². The van der Waals surface area contributed by atoms with E-state index in [1.54, 1.807) is 0 Å². The molecule has 9 nitrogen and oxygen atoms in total. The van der Waals surface area contributed by atoms with Gasteiger partial charge in [-0.25, -0.2) is 0 Å². The molecule has 0 radical (unpaired) electrons. The monoisotopic (exact) mass is 371 g/mol. The van der Waals surface area contributed by atoms with Crippen LogP contribution >= 0.6 is 0 Å². The molecule has 9 heteroatoms. The van der Waals surface area contributed by atoms with Gasteiger partial charge in [-0.05, 0) is 18.7 Å². The first-order valence-corrected chi connectivity index (χ1v) is 9.31. The second kappa shape index (κ2) is 7.93. The van der Waals surface area contributed by atoms with E-state index >= 15 is 0 Å². The van der Waals surface area contributed by atoms with E-state index in [0.717, 1.165) is 44.2 Å². The van der Waals surface area contributed by atoms with Gasteiger partial charge in [0.1, 0.15) is 19.0 Å². The molecule has 2 aliphatic heterocycles. The SMILES string of the molecule is CCN1CCN(Cc2nc(N)nc(Nc3ccc4c(c3)OCCO4)n2)CC1. The molecule has 3 N–H and O–H groups in total. The number of likely N-dealkylation sites (N-methyl/N-ethyl adjacent to an activating group) is 1. The highest BCUT2D eigenvalue weighted by molar-refractivity contribution is 5.60. The fraction of sp³-hybridized carbons (Fsp3) is 0.500. The third-order valence-corrected chi connectivity index (χ3v) is 4.77. The number of rotatable bonds is 5. The zero-order valence-electron chi connectivity index (χ0n) is 15.5. The quantitative estimate of drug-likeness (QED) is 0.800. The van der Waals surface area contributed by atoms with Crippen molar-refractivity contribution in [2.24, 2.45) is 0 Å². The van der Waals surface area contributed by atoms with E-state index in [4.69, 9.17) is 15.2 Å². The lowest BCUT2D eigenvalue weighted by atomic mass is 10.2. The molecule has 1 fully saturated rings. The number of anilines is 3. The number of nitrogen functional groups attached to an aromatic ring is 1. The van der Waals surface area contributed by atoms with Gasteiger partial charge in [-0.2, -0.15) is 15.0 Å².